The maximum Gasteiger partial charge on any atom is 0.338 e. The minimum absolute atomic E-state index is 0.149. The van der Waals surface area contributed by atoms with Crippen LogP contribution >= 0.6 is 22.7 Å². The van der Waals surface area contributed by atoms with Gasteiger partial charge in [0.25, 0.3) is 5.56 Å². The molecule has 1 atom stereocenters. The predicted octanol–water partition coefficient (Wildman–Crippen LogP) is 4.44. The number of thiazole rings is 1. The highest BCUT2D eigenvalue weighted by Gasteiger charge is 2.34. The third kappa shape index (κ3) is 4.82. The molecule has 0 bridgehead atoms. The molecular formula is C28H24N2O4S2. The Morgan fingerprint density at radius 1 is 1.08 bits per heavy atom. The average Bonchev–Trinajstić information content (AvgIpc) is 3.52. The second kappa shape index (κ2) is 10.5. The van der Waals surface area contributed by atoms with Crippen LogP contribution in [0.4, 0.5) is 0 Å². The lowest BCUT2D eigenvalue weighted by atomic mass is 10.0. The number of nitrogens with zero attached hydrogens (tertiary/aromatic N) is 2. The minimum Gasteiger partial charge on any atom is -0.494 e. The van der Waals surface area contributed by atoms with Crippen LogP contribution in [0.25, 0.3) is 6.08 Å². The number of carbonyl (C=O) groups is 1. The molecule has 1 aliphatic rings. The SMILES string of the molecule is CCOc1ccc(/C=c2/sc3n(c2=O)[C@H](c2cccs2)C(C(=O)OCc2ccccc2)=C(C)N=3)cc1. The van der Waals surface area contributed by atoms with Crippen LogP contribution in [0.3, 0.4) is 0 Å². The van der Waals surface area contributed by atoms with Crippen molar-refractivity contribution in [2.24, 2.45) is 4.99 Å². The molecule has 5 rings (SSSR count). The zero-order chi connectivity index (χ0) is 25.1. The Labute approximate surface area is 216 Å². The van der Waals surface area contributed by atoms with E-state index in [9.17, 15) is 9.59 Å². The molecule has 2 aromatic carbocycles. The van der Waals surface area contributed by atoms with Gasteiger partial charge in [-0.3, -0.25) is 9.36 Å². The highest BCUT2D eigenvalue weighted by atomic mass is 32.1. The zero-order valence-electron chi connectivity index (χ0n) is 19.8. The Morgan fingerprint density at radius 3 is 2.56 bits per heavy atom. The van der Waals surface area contributed by atoms with E-state index >= 15 is 0 Å². The van der Waals surface area contributed by atoms with Crippen LogP contribution in [0, 0.1) is 0 Å². The van der Waals surface area contributed by atoms with Crippen LogP contribution in [0.2, 0.25) is 0 Å². The van der Waals surface area contributed by atoms with Gasteiger partial charge in [-0.2, -0.15) is 0 Å². The van der Waals surface area contributed by atoms with Gasteiger partial charge in [0.1, 0.15) is 18.4 Å². The number of hydrogen-bond donors (Lipinski definition) is 0. The molecule has 2 aromatic heterocycles. The maximum atomic E-state index is 13.6. The Kier molecular flexibility index (Phi) is 6.97. The molecule has 0 unspecified atom stereocenters. The molecule has 6 nitrogen and oxygen atoms in total. The smallest absolute Gasteiger partial charge is 0.338 e. The molecule has 0 radical (unpaired) electrons. The molecule has 0 saturated heterocycles. The van der Waals surface area contributed by atoms with Crippen molar-refractivity contribution in [2.45, 2.75) is 26.5 Å². The van der Waals surface area contributed by atoms with E-state index in [1.807, 2.05) is 85.1 Å². The Hall–Kier alpha value is -3.75. The second-order valence-electron chi connectivity index (χ2n) is 8.16. The molecule has 4 aromatic rings. The summed E-state index contributed by atoms with van der Waals surface area (Å²) in [7, 11) is 0. The van der Waals surface area contributed by atoms with Gasteiger partial charge < -0.3 is 9.47 Å². The molecule has 1 aliphatic heterocycles. The summed E-state index contributed by atoms with van der Waals surface area (Å²) in [5, 5.41) is 1.94. The monoisotopic (exact) mass is 516 g/mol. The average molecular weight is 517 g/mol. The van der Waals surface area contributed by atoms with Gasteiger partial charge in [0, 0.05) is 4.88 Å². The van der Waals surface area contributed by atoms with Crippen LogP contribution in [0.15, 0.2) is 93.2 Å². The van der Waals surface area contributed by atoms with E-state index in [2.05, 4.69) is 4.99 Å². The number of carbonyl (C=O) groups excluding carboxylic acids is 1. The number of thiophene rings is 1. The number of aromatic nitrogens is 1. The number of hydrogen-bond acceptors (Lipinski definition) is 7. The lowest BCUT2D eigenvalue weighted by Gasteiger charge is -2.23. The van der Waals surface area contributed by atoms with E-state index in [0.717, 1.165) is 21.8 Å². The van der Waals surface area contributed by atoms with Crippen molar-refractivity contribution in [1.29, 1.82) is 0 Å². The fourth-order valence-electron chi connectivity index (χ4n) is 4.08. The zero-order valence-corrected chi connectivity index (χ0v) is 21.5. The van der Waals surface area contributed by atoms with E-state index in [4.69, 9.17) is 9.47 Å². The van der Waals surface area contributed by atoms with Gasteiger partial charge in [-0.25, -0.2) is 9.79 Å². The van der Waals surface area contributed by atoms with Gasteiger partial charge in [0.05, 0.1) is 22.4 Å². The first-order chi connectivity index (χ1) is 17.5. The second-order valence-corrected chi connectivity index (χ2v) is 10.1. The predicted molar refractivity (Wildman–Crippen MR) is 142 cm³/mol. The van der Waals surface area contributed by atoms with Crippen LogP contribution in [0.1, 0.15) is 35.9 Å². The van der Waals surface area contributed by atoms with E-state index in [1.54, 1.807) is 11.5 Å². The van der Waals surface area contributed by atoms with Crippen molar-refractivity contribution in [1.82, 2.24) is 4.57 Å². The highest BCUT2D eigenvalue weighted by Crippen LogP contribution is 2.33. The number of fused-ring (bicyclic) bond motifs is 1. The molecule has 8 heteroatoms. The molecule has 3 heterocycles. The van der Waals surface area contributed by atoms with Gasteiger partial charge in [0.2, 0.25) is 0 Å². The first-order valence-corrected chi connectivity index (χ1v) is 13.2. The molecule has 0 fully saturated rings. The lowest BCUT2D eigenvalue weighted by molar-refractivity contribution is -0.140. The summed E-state index contributed by atoms with van der Waals surface area (Å²) < 4.78 is 13.3. The number of rotatable bonds is 7. The summed E-state index contributed by atoms with van der Waals surface area (Å²) in [6.45, 7) is 4.47. The van der Waals surface area contributed by atoms with Gasteiger partial charge >= 0.3 is 5.97 Å². The van der Waals surface area contributed by atoms with Crippen molar-refractivity contribution < 1.29 is 14.3 Å². The van der Waals surface area contributed by atoms with Crippen molar-refractivity contribution in [2.75, 3.05) is 6.61 Å². The van der Waals surface area contributed by atoms with Crippen molar-refractivity contribution in [3.05, 3.63) is 119 Å². The normalized spacial score (nSPS) is 15.4. The first kappa shape index (κ1) is 24.0. The van der Waals surface area contributed by atoms with E-state index in [1.165, 1.54) is 22.7 Å². The summed E-state index contributed by atoms with van der Waals surface area (Å²) in [6, 6.07) is 20.4. The largest absolute Gasteiger partial charge is 0.494 e. The molecule has 0 saturated carbocycles. The fourth-order valence-corrected chi connectivity index (χ4v) is 5.95. The summed E-state index contributed by atoms with van der Waals surface area (Å²) in [5.74, 6) is 0.308. The van der Waals surface area contributed by atoms with Crippen LogP contribution < -0.4 is 19.6 Å². The Morgan fingerprint density at radius 2 is 1.86 bits per heavy atom. The molecular weight excluding hydrogens is 492 g/mol. The van der Waals surface area contributed by atoms with Crippen LogP contribution in [-0.4, -0.2) is 17.1 Å². The van der Waals surface area contributed by atoms with E-state index in [-0.39, 0.29) is 12.2 Å². The van der Waals surface area contributed by atoms with Crippen LogP contribution in [0.5, 0.6) is 5.75 Å². The highest BCUT2D eigenvalue weighted by molar-refractivity contribution is 7.10. The topological polar surface area (TPSA) is 69.9 Å². The molecule has 0 amide bonds. The number of benzene rings is 2. The van der Waals surface area contributed by atoms with Crippen molar-refractivity contribution >= 4 is 34.7 Å². The third-order valence-corrected chi connectivity index (χ3v) is 7.66. The van der Waals surface area contributed by atoms with E-state index in [0.29, 0.717) is 27.2 Å². The number of ether oxygens (including phenoxy) is 2. The molecule has 182 valence electrons. The summed E-state index contributed by atoms with van der Waals surface area (Å²) in [5.41, 5.74) is 2.53. The standard InChI is InChI=1S/C28H24N2O4S2/c1-3-33-21-13-11-19(12-14-21)16-23-26(31)30-25(22-10-7-15-35-22)24(18(2)29-28(30)36-23)27(32)34-17-20-8-5-4-6-9-20/h4-16,25H,3,17H2,1-2H3/b23-16+/t25-/m1/s1. The van der Waals surface area contributed by atoms with Crippen molar-refractivity contribution in [3.8, 4) is 5.75 Å². The van der Waals surface area contributed by atoms with E-state index < -0.39 is 12.0 Å². The van der Waals surface area contributed by atoms with Crippen LogP contribution in [-0.2, 0) is 16.1 Å². The molecule has 0 spiro atoms. The lowest BCUT2D eigenvalue weighted by Crippen LogP contribution is -2.39. The molecule has 36 heavy (non-hydrogen) atoms. The Balaban J connectivity index is 1.54. The summed E-state index contributed by atoms with van der Waals surface area (Å²) >= 11 is 2.81. The van der Waals surface area contributed by atoms with Gasteiger partial charge in [-0.1, -0.05) is 59.9 Å². The summed E-state index contributed by atoms with van der Waals surface area (Å²) in [4.78, 5) is 33.1. The fraction of sp³-hybridized carbons (Fsp3) is 0.179. The molecule has 0 aliphatic carbocycles. The van der Waals surface area contributed by atoms with Crippen molar-refractivity contribution in [3.63, 3.8) is 0 Å². The first-order valence-electron chi connectivity index (χ1n) is 11.5. The molecule has 0 N–H and O–H groups in total. The van der Waals surface area contributed by atoms with Gasteiger partial charge in [-0.15, -0.1) is 11.3 Å². The number of allylic oxidation sites excluding steroid dienone is 1. The third-order valence-electron chi connectivity index (χ3n) is 5.76. The summed E-state index contributed by atoms with van der Waals surface area (Å²) in [6.07, 6.45) is 1.85. The Bertz CT molecular complexity index is 1580. The van der Waals surface area contributed by atoms with Gasteiger partial charge in [0.15, 0.2) is 4.80 Å². The van der Waals surface area contributed by atoms with Gasteiger partial charge in [-0.05, 0) is 54.6 Å². The maximum absolute atomic E-state index is 13.6. The minimum atomic E-state index is -0.591. The number of esters is 1. The quantitative estimate of drug-likeness (QED) is 0.341.